The van der Waals surface area contributed by atoms with E-state index < -0.39 is 18.6 Å². The molecule has 5 heteroatoms. The van der Waals surface area contributed by atoms with Gasteiger partial charge in [0, 0.05) is 0 Å². The van der Waals surface area contributed by atoms with Crippen LogP contribution in [0.2, 0.25) is 0 Å². The first-order chi connectivity index (χ1) is 6.49. The molecule has 0 aliphatic rings. The summed E-state index contributed by atoms with van der Waals surface area (Å²) in [5, 5.41) is 8.49. The summed E-state index contributed by atoms with van der Waals surface area (Å²) >= 11 is 0. The highest BCUT2D eigenvalue weighted by Crippen LogP contribution is 2.30. The molecule has 0 saturated carbocycles. The Kier molecular flexibility index (Phi) is 5.14. The van der Waals surface area contributed by atoms with Crippen molar-refractivity contribution in [1.82, 2.24) is 0 Å². The SMILES string of the molecule is Cc1ccccc1[C@H](N)C(F)(F)CO.Cl. The molecule has 3 N–H and O–H groups in total. The van der Waals surface area contributed by atoms with Crippen LogP contribution in [0.5, 0.6) is 0 Å². The van der Waals surface area contributed by atoms with Crippen molar-refractivity contribution in [3.63, 3.8) is 0 Å². The molecule has 0 heterocycles. The lowest BCUT2D eigenvalue weighted by molar-refractivity contribution is -0.0713. The zero-order valence-electron chi connectivity index (χ0n) is 8.28. The van der Waals surface area contributed by atoms with E-state index in [9.17, 15) is 8.78 Å². The third-order valence-electron chi connectivity index (χ3n) is 2.19. The van der Waals surface area contributed by atoms with Gasteiger partial charge in [-0.2, -0.15) is 0 Å². The third kappa shape index (κ3) is 3.12. The van der Waals surface area contributed by atoms with Crippen LogP contribution >= 0.6 is 12.4 Å². The molecule has 1 aromatic rings. The predicted molar refractivity (Wildman–Crippen MR) is 57.4 cm³/mol. The highest BCUT2D eigenvalue weighted by Gasteiger charge is 2.37. The summed E-state index contributed by atoms with van der Waals surface area (Å²) in [6.07, 6.45) is 0. The van der Waals surface area contributed by atoms with E-state index in [1.54, 1.807) is 31.2 Å². The summed E-state index contributed by atoms with van der Waals surface area (Å²) in [6.45, 7) is 0.477. The zero-order valence-corrected chi connectivity index (χ0v) is 9.10. The topological polar surface area (TPSA) is 46.2 Å². The van der Waals surface area contributed by atoms with Crippen LogP contribution in [0.3, 0.4) is 0 Å². The quantitative estimate of drug-likeness (QED) is 0.845. The fourth-order valence-corrected chi connectivity index (χ4v) is 1.26. The maximum Gasteiger partial charge on any atom is 0.289 e. The van der Waals surface area contributed by atoms with Crippen molar-refractivity contribution >= 4 is 12.4 Å². The van der Waals surface area contributed by atoms with Crippen LogP contribution in [-0.4, -0.2) is 17.6 Å². The van der Waals surface area contributed by atoms with Crippen molar-refractivity contribution in [2.45, 2.75) is 18.9 Å². The molecule has 0 saturated heterocycles. The van der Waals surface area contributed by atoms with Crippen LogP contribution in [-0.2, 0) is 0 Å². The Morgan fingerprint density at radius 3 is 2.40 bits per heavy atom. The number of hydrogen-bond donors (Lipinski definition) is 2. The van der Waals surface area contributed by atoms with Crippen molar-refractivity contribution in [2.75, 3.05) is 6.61 Å². The molecule has 0 amide bonds. The minimum Gasteiger partial charge on any atom is -0.390 e. The van der Waals surface area contributed by atoms with E-state index in [0.29, 0.717) is 11.1 Å². The zero-order chi connectivity index (χ0) is 10.8. The van der Waals surface area contributed by atoms with Gasteiger partial charge in [-0.05, 0) is 18.1 Å². The molecule has 0 aliphatic carbocycles. The summed E-state index contributed by atoms with van der Waals surface area (Å²) in [5.74, 6) is -3.27. The lowest BCUT2D eigenvalue weighted by Crippen LogP contribution is -2.36. The highest BCUT2D eigenvalue weighted by molar-refractivity contribution is 5.85. The molecule has 0 radical (unpaired) electrons. The minimum atomic E-state index is -3.27. The van der Waals surface area contributed by atoms with Crippen LogP contribution in [0.15, 0.2) is 24.3 Å². The Bertz CT molecular complexity index is 320. The largest absolute Gasteiger partial charge is 0.390 e. The molecule has 1 aromatic carbocycles. The number of aliphatic hydroxyl groups is 1. The lowest BCUT2D eigenvalue weighted by Gasteiger charge is -2.22. The van der Waals surface area contributed by atoms with E-state index in [1.165, 1.54) is 0 Å². The van der Waals surface area contributed by atoms with Gasteiger partial charge in [-0.1, -0.05) is 24.3 Å². The molecule has 2 nitrogen and oxygen atoms in total. The summed E-state index contributed by atoms with van der Waals surface area (Å²) in [5.41, 5.74) is 6.44. The van der Waals surface area contributed by atoms with Crippen LogP contribution in [0, 0.1) is 6.92 Å². The molecule has 86 valence electrons. The van der Waals surface area contributed by atoms with Gasteiger partial charge in [0.2, 0.25) is 0 Å². The Labute approximate surface area is 93.5 Å². The Morgan fingerprint density at radius 2 is 1.93 bits per heavy atom. The molecule has 0 fully saturated rings. The van der Waals surface area contributed by atoms with E-state index in [0.717, 1.165) is 0 Å². The van der Waals surface area contributed by atoms with Gasteiger partial charge in [-0.25, -0.2) is 8.78 Å². The Hall–Kier alpha value is -0.710. The van der Waals surface area contributed by atoms with Crippen molar-refractivity contribution in [3.8, 4) is 0 Å². The van der Waals surface area contributed by atoms with Gasteiger partial charge in [-0.3, -0.25) is 0 Å². The molecular formula is C10H14ClF2NO. The maximum absolute atomic E-state index is 13.0. The second kappa shape index (κ2) is 5.39. The summed E-state index contributed by atoms with van der Waals surface area (Å²) in [7, 11) is 0. The first-order valence-corrected chi connectivity index (χ1v) is 4.29. The number of hydrogen-bond acceptors (Lipinski definition) is 2. The number of halogens is 3. The van der Waals surface area contributed by atoms with E-state index in [2.05, 4.69) is 0 Å². The molecular weight excluding hydrogens is 224 g/mol. The molecule has 1 atom stereocenters. The lowest BCUT2D eigenvalue weighted by atomic mass is 9.97. The number of aliphatic hydroxyl groups excluding tert-OH is 1. The van der Waals surface area contributed by atoms with Gasteiger partial charge in [-0.15, -0.1) is 12.4 Å². The van der Waals surface area contributed by atoms with Crippen molar-refractivity contribution in [3.05, 3.63) is 35.4 Å². The Morgan fingerprint density at radius 1 is 1.40 bits per heavy atom. The van der Waals surface area contributed by atoms with E-state index in [1.807, 2.05) is 0 Å². The van der Waals surface area contributed by atoms with Crippen LogP contribution < -0.4 is 5.73 Å². The summed E-state index contributed by atoms with van der Waals surface area (Å²) < 4.78 is 26.1. The molecule has 15 heavy (non-hydrogen) atoms. The highest BCUT2D eigenvalue weighted by atomic mass is 35.5. The fourth-order valence-electron chi connectivity index (χ4n) is 1.26. The number of aryl methyl sites for hydroxylation is 1. The van der Waals surface area contributed by atoms with Crippen molar-refractivity contribution in [2.24, 2.45) is 5.73 Å². The summed E-state index contributed by atoms with van der Waals surface area (Å²) in [6, 6.07) is 5.21. The second-order valence-corrected chi connectivity index (χ2v) is 3.25. The molecule has 0 aliphatic heterocycles. The molecule has 0 bridgehead atoms. The normalized spacial score (nSPS) is 13.1. The van der Waals surface area contributed by atoms with Gasteiger partial charge in [0.05, 0.1) is 6.04 Å². The maximum atomic E-state index is 13.0. The van der Waals surface area contributed by atoms with Crippen LogP contribution in [0.4, 0.5) is 8.78 Å². The van der Waals surface area contributed by atoms with E-state index in [-0.39, 0.29) is 12.4 Å². The van der Waals surface area contributed by atoms with Gasteiger partial charge in [0.1, 0.15) is 6.61 Å². The standard InChI is InChI=1S/C10H13F2NO.ClH/c1-7-4-2-3-5-8(7)9(13)10(11,12)6-14;/h2-5,9,14H,6,13H2,1H3;1H/t9-;/m0./s1. The number of nitrogens with two attached hydrogens (primary N) is 1. The van der Waals surface area contributed by atoms with Crippen LogP contribution in [0.1, 0.15) is 17.2 Å². The number of alkyl halides is 2. The van der Waals surface area contributed by atoms with Gasteiger partial charge in [0.15, 0.2) is 0 Å². The molecule has 1 rings (SSSR count). The van der Waals surface area contributed by atoms with Gasteiger partial charge >= 0.3 is 0 Å². The van der Waals surface area contributed by atoms with E-state index >= 15 is 0 Å². The van der Waals surface area contributed by atoms with Crippen molar-refractivity contribution in [1.29, 1.82) is 0 Å². The average molecular weight is 238 g/mol. The van der Waals surface area contributed by atoms with Crippen molar-refractivity contribution < 1.29 is 13.9 Å². The van der Waals surface area contributed by atoms with Crippen LogP contribution in [0.25, 0.3) is 0 Å². The first kappa shape index (κ1) is 14.3. The smallest absolute Gasteiger partial charge is 0.289 e. The Balaban J connectivity index is 0.00000196. The van der Waals surface area contributed by atoms with Gasteiger partial charge in [0.25, 0.3) is 5.92 Å². The average Bonchev–Trinajstić information content (AvgIpc) is 2.17. The monoisotopic (exact) mass is 237 g/mol. The third-order valence-corrected chi connectivity index (χ3v) is 2.19. The van der Waals surface area contributed by atoms with E-state index in [4.69, 9.17) is 10.8 Å². The molecule has 0 aromatic heterocycles. The minimum absolute atomic E-state index is 0. The first-order valence-electron chi connectivity index (χ1n) is 4.29. The number of rotatable bonds is 3. The number of benzene rings is 1. The summed E-state index contributed by atoms with van der Waals surface area (Å²) in [4.78, 5) is 0. The fraction of sp³-hybridized carbons (Fsp3) is 0.400. The molecule has 0 spiro atoms. The van der Waals surface area contributed by atoms with Gasteiger partial charge < -0.3 is 10.8 Å². The molecule has 0 unspecified atom stereocenters. The second-order valence-electron chi connectivity index (χ2n) is 3.25. The predicted octanol–water partition coefficient (Wildman–Crippen LogP) is 2.04.